The number of sulfonamides is 1. The van der Waals surface area contributed by atoms with Crippen LogP contribution in [-0.2, 0) is 23.0 Å². The second kappa shape index (κ2) is 9.03. The van der Waals surface area contributed by atoms with Gasteiger partial charge < -0.3 is 9.30 Å². The van der Waals surface area contributed by atoms with Gasteiger partial charge in [-0.15, -0.1) is 0 Å². The summed E-state index contributed by atoms with van der Waals surface area (Å²) in [6.07, 6.45) is 5.07. The summed E-state index contributed by atoms with van der Waals surface area (Å²) in [4.78, 5) is 4.59. The van der Waals surface area contributed by atoms with Crippen LogP contribution < -0.4 is 9.46 Å². The molecule has 1 aromatic heterocycles. The molecule has 2 aromatic carbocycles. The highest BCUT2D eigenvalue weighted by Crippen LogP contribution is 2.25. The van der Waals surface area contributed by atoms with Crippen molar-refractivity contribution in [1.82, 2.24) is 14.3 Å². The van der Waals surface area contributed by atoms with Gasteiger partial charge in [0.15, 0.2) is 0 Å². The van der Waals surface area contributed by atoms with Gasteiger partial charge in [-0.2, -0.15) is 0 Å². The topological polar surface area (TPSA) is 73.2 Å². The van der Waals surface area contributed by atoms with Crippen LogP contribution in [0.25, 0.3) is 11.4 Å². The average molecular weight is 400 g/mol. The minimum absolute atomic E-state index is 0.182. The van der Waals surface area contributed by atoms with Crippen LogP contribution in [0.5, 0.6) is 5.75 Å². The Morgan fingerprint density at radius 2 is 1.93 bits per heavy atom. The zero-order valence-corrected chi connectivity index (χ0v) is 16.9. The van der Waals surface area contributed by atoms with Gasteiger partial charge in [-0.3, -0.25) is 0 Å². The fourth-order valence-electron chi connectivity index (χ4n) is 3.02. The van der Waals surface area contributed by atoms with Crippen LogP contribution in [0.3, 0.4) is 0 Å². The lowest BCUT2D eigenvalue weighted by atomic mass is 10.2. The number of aromatic nitrogens is 2. The second-order valence-electron chi connectivity index (χ2n) is 6.40. The molecule has 0 aliphatic rings. The van der Waals surface area contributed by atoms with Crippen molar-refractivity contribution in [3.05, 3.63) is 66.5 Å². The maximum Gasteiger partial charge on any atom is 0.244 e. The number of aryl methyl sites for hydroxylation is 2. The summed E-state index contributed by atoms with van der Waals surface area (Å²) < 4.78 is 35.4. The first-order chi connectivity index (χ1) is 13.5. The molecule has 0 bridgehead atoms. The van der Waals surface area contributed by atoms with Crippen LogP contribution in [-0.4, -0.2) is 31.6 Å². The molecular weight excluding hydrogens is 374 g/mol. The van der Waals surface area contributed by atoms with Gasteiger partial charge >= 0.3 is 0 Å². The lowest BCUT2D eigenvalue weighted by Gasteiger charge is -2.13. The monoisotopic (exact) mass is 399 g/mol. The van der Waals surface area contributed by atoms with Gasteiger partial charge in [0.05, 0.1) is 7.11 Å². The quantitative estimate of drug-likeness (QED) is 0.559. The number of ether oxygens (including phenoxy) is 1. The molecule has 0 saturated carbocycles. The van der Waals surface area contributed by atoms with E-state index in [9.17, 15) is 8.42 Å². The predicted molar refractivity (Wildman–Crippen MR) is 110 cm³/mol. The van der Waals surface area contributed by atoms with Gasteiger partial charge in [0.25, 0.3) is 0 Å². The maximum absolute atomic E-state index is 12.7. The zero-order chi connectivity index (χ0) is 20.0. The maximum atomic E-state index is 12.7. The highest BCUT2D eigenvalue weighted by molar-refractivity contribution is 7.89. The molecule has 6 nitrogen and oxygen atoms in total. The summed E-state index contributed by atoms with van der Waals surface area (Å²) in [5.41, 5.74) is 1.99. The van der Waals surface area contributed by atoms with Crippen molar-refractivity contribution in [2.75, 3.05) is 13.7 Å². The Bertz CT molecular complexity index is 1010. The van der Waals surface area contributed by atoms with Gasteiger partial charge in [-0.1, -0.05) is 43.3 Å². The lowest BCUT2D eigenvalue weighted by molar-refractivity contribution is 0.402. The Morgan fingerprint density at radius 3 is 2.64 bits per heavy atom. The first kappa shape index (κ1) is 20.1. The number of rotatable bonds is 9. The molecule has 0 atom stereocenters. The lowest BCUT2D eigenvalue weighted by Crippen LogP contribution is -2.26. The molecular formula is C21H25N3O3S. The third-order valence-corrected chi connectivity index (χ3v) is 6.02. The van der Waals surface area contributed by atoms with Crippen molar-refractivity contribution in [3.63, 3.8) is 0 Å². The largest absolute Gasteiger partial charge is 0.495 e. The average Bonchev–Trinajstić information content (AvgIpc) is 3.20. The van der Waals surface area contributed by atoms with E-state index in [0.717, 1.165) is 23.4 Å². The SMILES string of the molecule is CCc1ccc(OC)c(S(=O)(=O)NCCCn2ccnc2-c2ccccc2)c1. The third kappa shape index (κ3) is 4.61. The number of hydrogen-bond donors (Lipinski definition) is 1. The van der Waals surface area contributed by atoms with Crippen LogP contribution in [0, 0.1) is 0 Å². The molecule has 3 rings (SSSR count). The molecule has 0 spiro atoms. The number of benzene rings is 2. The van der Waals surface area contributed by atoms with Crippen LogP contribution in [0.1, 0.15) is 18.9 Å². The molecule has 3 aromatic rings. The van der Waals surface area contributed by atoms with E-state index in [0.29, 0.717) is 25.3 Å². The van der Waals surface area contributed by atoms with Gasteiger partial charge in [0, 0.05) is 31.0 Å². The molecule has 28 heavy (non-hydrogen) atoms. The minimum Gasteiger partial charge on any atom is -0.495 e. The van der Waals surface area contributed by atoms with Crippen molar-refractivity contribution >= 4 is 10.0 Å². The molecule has 0 aliphatic carbocycles. The van der Waals surface area contributed by atoms with Gasteiger partial charge in [0.2, 0.25) is 10.0 Å². The van der Waals surface area contributed by atoms with Gasteiger partial charge in [-0.05, 0) is 30.5 Å². The molecule has 1 heterocycles. The Kier molecular flexibility index (Phi) is 6.49. The van der Waals surface area contributed by atoms with Crippen LogP contribution in [0.15, 0.2) is 65.8 Å². The number of hydrogen-bond acceptors (Lipinski definition) is 4. The fraction of sp³-hybridized carbons (Fsp3) is 0.286. The highest BCUT2D eigenvalue weighted by Gasteiger charge is 2.19. The van der Waals surface area contributed by atoms with Crippen molar-refractivity contribution in [2.24, 2.45) is 0 Å². The minimum atomic E-state index is -3.64. The summed E-state index contributed by atoms with van der Waals surface area (Å²) in [7, 11) is -2.16. The Labute approximate surface area is 166 Å². The smallest absolute Gasteiger partial charge is 0.244 e. The molecule has 0 saturated heterocycles. The molecule has 1 N–H and O–H groups in total. The standard InChI is InChI=1S/C21H25N3O3S/c1-3-17-10-11-19(27-2)20(16-17)28(25,26)23-12-7-14-24-15-13-22-21(24)18-8-5-4-6-9-18/h4-6,8-11,13,15-16,23H,3,7,12,14H2,1-2H3. The van der Waals surface area contributed by atoms with Crippen LogP contribution in [0.4, 0.5) is 0 Å². The summed E-state index contributed by atoms with van der Waals surface area (Å²) in [6, 6.07) is 15.2. The number of imidazole rings is 1. The number of nitrogens with zero attached hydrogens (tertiary/aromatic N) is 2. The van der Waals surface area contributed by atoms with Crippen molar-refractivity contribution in [2.45, 2.75) is 31.2 Å². The molecule has 148 valence electrons. The number of methoxy groups -OCH3 is 1. The zero-order valence-electron chi connectivity index (χ0n) is 16.1. The molecule has 7 heteroatoms. The molecule has 0 fully saturated rings. The first-order valence-electron chi connectivity index (χ1n) is 9.28. The number of nitrogens with one attached hydrogen (secondary N) is 1. The van der Waals surface area contributed by atoms with Crippen LogP contribution in [0.2, 0.25) is 0 Å². The van der Waals surface area contributed by atoms with Gasteiger partial charge in [-0.25, -0.2) is 18.1 Å². The summed E-state index contributed by atoms with van der Waals surface area (Å²) in [5, 5.41) is 0. The van der Waals surface area contributed by atoms with E-state index in [1.807, 2.05) is 54.1 Å². The Morgan fingerprint density at radius 1 is 1.14 bits per heavy atom. The van der Waals surface area contributed by atoms with Crippen molar-refractivity contribution < 1.29 is 13.2 Å². The molecule has 0 unspecified atom stereocenters. The van der Waals surface area contributed by atoms with E-state index in [1.165, 1.54) is 7.11 Å². The van der Waals surface area contributed by atoms with Crippen molar-refractivity contribution in [3.8, 4) is 17.1 Å². The van der Waals surface area contributed by atoms with E-state index in [-0.39, 0.29) is 4.90 Å². The fourth-order valence-corrected chi connectivity index (χ4v) is 4.31. The third-order valence-electron chi connectivity index (χ3n) is 4.54. The molecule has 0 aliphatic heterocycles. The van der Waals surface area contributed by atoms with Crippen molar-refractivity contribution in [1.29, 1.82) is 0 Å². The molecule has 0 radical (unpaired) electrons. The van der Waals surface area contributed by atoms with E-state index in [1.54, 1.807) is 18.3 Å². The Hall–Kier alpha value is -2.64. The Balaban J connectivity index is 1.64. The van der Waals surface area contributed by atoms with E-state index in [4.69, 9.17) is 4.74 Å². The normalized spacial score (nSPS) is 11.5. The van der Waals surface area contributed by atoms with E-state index in [2.05, 4.69) is 9.71 Å². The predicted octanol–water partition coefficient (Wildman–Crippen LogP) is 3.49. The van der Waals surface area contributed by atoms with E-state index >= 15 is 0 Å². The summed E-state index contributed by atoms with van der Waals surface area (Å²) in [5.74, 6) is 1.23. The molecule has 0 amide bonds. The van der Waals surface area contributed by atoms with Gasteiger partial charge in [0.1, 0.15) is 16.5 Å². The highest BCUT2D eigenvalue weighted by atomic mass is 32.2. The summed E-state index contributed by atoms with van der Waals surface area (Å²) in [6.45, 7) is 2.98. The van der Waals surface area contributed by atoms with Crippen LogP contribution >= 0.6 is 0 Å². The summed E-state index contributed by atoms with van der Waals surface area (Å²) >= 11 is 0. The second-order valence-corrected chi connectivity index (χ2v) is 8.14. The first-order valence-corrected chi connectivity index (χ1v) is 10.8. The van der Waals surface area contributed by atoms with E-state index < -0.39 is 10.0 Å².